The number of nitrogens with one attached hydrogen (secondary N) is 1. The summed E-state index contributed by atoms with van der Waals surface area (Å²) in [4.78, 5) is 11.4. The molecular weight excluding hydrogens is 166 g/mol. The summed E-state index contributed by atoms with van der Waals surface area (Å²) in [6.07, 6.45) is 1.95. The van der Waals surface area contributed by atoms with Crippen molar-refractivity contribution in [3.8, 4) is 0 Å². The minimum Gasteiger partial charge on any atom is -0.372 e. The molecule has 1 saturated carbocycles. The fourth-order valence-electron chi connectivity index (χ4n) is 1.53. The largest absolute Gasteiger partial charge is 0.372 e. The highest BCUT2D eigenvalue weighted by atomic mass is 16.5. The third kappa shape index (κ3) is 2.21. The molecule has 76 valence electrons. The zero-order chi connectivity index (χ0) is 10.1. The van der Waals surface area contributed by atoms with Crippen LogP contribution in [0.2, 0.25) is 0 Å². The van der Waals surface area contributed by atoms with Crippen molar-refractivity contribution in [1.82, 2.24) is 5.32 Å². The summed E-state index contributed by atoms with van der Waals surface area (Å²) in [6, 6.07) is 0.331. The van der Waals surface area contributed by atoms with Crippen molar-refractivity contribution in [2.24, 2.45) is 5.41 Å². The van der Waals surface area contributed by atoms with E-state index in [9.17, 15) is 4.79 Å². The van der Waals surface area contributed by atoms with Crippen LogP contribution in [0.25, 0.3) is 0 Å². The van der Waals surface area contributed by atoms with Crippen LogP contribution in [0.3, 0.4) is 0 Å². The maximum absolute atomic E-state index is 11.4. The summed E-state index contributed by atoms with van der Waals surface area (Å²) in [5.41, 5.74) is 0.267. The van der Waals surface area contributed by atoms with Crippen LogP contribution in [-0.4, -0.2) is 25.2 Å². The van der Waals surface area contributed by atoms with Crippen LogP contribution in [0.5, 0.6) is 0 Å². The van der Waals surface area contributed by atoms with E-state index in [4.69, 9.17) is 4.74 Å². The Bertz CT molecular complexity index is 201. The molecule has 3 nitrogen and oxygen atoms in total. The molecule has 2 unspecified atom stereocenters. The predicted octanol–water partition coefficient (Wildman–Crippen LogP) is 1.33. The van der Waals surface area contributed by atoms with E-state index in [1.165, 1.54) is 6.42 Å². The van der Waals surface area contributed by atoms with Crippen molar-refractivity contribution in [2.45, 2.75) is 45.8 Å². The number of carbonyl (C=O) groups excluding carboxylic acids is 1. The van der Waals surface area contributed by atoms with Crippen LogP contribution in [0.1, 0.15) is 33.6 Å². The van der Waals surface area contributed by atoms with Crippen LogP contribution in [0.4, 0.5) is 0 Å². The Labute approximate surface area is 79.8 Å². The molecule has 3 heteroatoms. The molecule has 1 aliphatic rings. The van der Waals surface area contributed by atoms with Crippen molar-refractivity contribution in [2.75, 3.05) is 7.11 Å². The number of carbonyl (C=O) groups is 1. The monoisotopic (exact) mass is 185 g/mol. The highest BCUT2D eigenvalue weighted by Crippen LogP contribution is 2.39. The molecule has 13 heavy (non-hydrogen) atoms. The smallest absolute Gasteiger partial charge is 0.249 e. The van der Waals surface area contributed by atoms with Crippen LogP contribution in [0, 0.1) is 5.41 Å². The first kappa shape index (κ1) is 10.5. The van der Waals surface area contributed by atoms with Gasteiger partial charge in [-0.25, -0.2) is 0 Å². The van der Waals surface area contributed by atoms with E-state index in [-0.39, 0.29) is 17.4 Å². The number of amides is 1. The summed E-state index contributed by atoms with van der Waals surface area (Å²) in [5, 5.41) is 2.99. The zero-order valence-electron chi connectivity index (χ0n) is 8.89. The number of hydrogen-bond acceptors (Lipinski definition) is 2. The maximum atomic E-state index is 11.4. The molecule has 0 heterocycles. The number of methoxy groups -OCH3 is 1. The fraction of sp³-hybridized carbons (Fsp3) is 0.900. The Hall–Kier alpha value is -0.570. The van der Waals surface area contributed by atoms with Gasteiger partial charge in [0.2, 0.25) is 5.91 Å². The molecule has 0 bridgehead atoms. The molecular formula is C10H19NO2. The summed E-state index contributed by atoms with van der Waals surface area (Å²) in [6.45, 7) is 6.12. The summed E-state index contributed by atoms with van der Waals surface area (Å²) >= 11 is 0. The predicted molar refractivity (Wildman–Crippen MR) is 51.4 cm³/mol. The Morgan fingerprint density at radius 3 is 2.54 bits per heavy atom. The highest BCUT2D eigenvalue weighted by molar-refractivity contribution is 5.80. The second-order valence-corrected chi connectivity index (χ2v) is 4.47. The lowest BCUT2D eigenvalue weighted by Crippen LogP contribution is -2.54. The van der Waals surface area contributed by atoms with Crippen molar-refractivity contribution in [1.29, 1.82) is 0 Å². The molecule has 1 aliphatic carbocycles. The molecule has 1 N–H and O–H groups in total. The van der Waals surface area contributed by atoms with Gasteiger partial charge in [-0.3, -0.25) is 4.79 Å². The van der Waals surface area contributed by atoms with Gasteiger partial charge in [-0.15, -0.1) is 0 Å². The minimum absolute atomic E-state index is 0.000255. The van der Waals surface area contributed by atoms with Crippen molar-refractivity contribution in [3.05, 3.63) is 0 Å². The van der Waals surface area contributed by atoms with Gasteiger partial charge < -0.3 is 10.1 Å². The van der Waals surface area contributed by atoms with Gasteiger partial charge >= 0.3 is 0 Å². The van der Waals surface area contributed by atoms with E-state index in [1.54, 1.807) is 14.0 Å². The number of ether oxygens (including phenoxy) is 1. The SMILES string of the molecule is COC(C)C(=O)NC1CCC1(C)C. The van der Waals surface area contributed by atoms with Crippen molar-refractivity contribution < 1.29 is 9.53 Å². The first-order valence-corrected chi connectivity index (χ1v) is 4.80. The molecule has 1 rings (SSSR count). The van der Waals surface area contributed by atoms with Crippen LogP contribution in [-0.2, 0) is 9.53 Å². The number of rotatable bonds is 3. The Balaban J connectivity index is 2.37. The van der Waals surface area contributed by atoms with E-state index in [0.717, 1.165) is 6.42 Å². The van der Waals surface area contributed by atoms with Crippen molar-refractivity contribution >= 4 is 5.91 Å². The molecule has 0 aromatic carbocycles. The van der Waals surface area contributed by atoms with Gasteiger partial charge in [0, 0.05) is 13.2 Å². The first-order chi connectivity index (χ1) is 5.97. The normalized spacial score (nSPS) is 27.5. The quantitative estimate of drug-likeness (QED) is 0.720. The van der Waals surface area contributed by atoms with Gasteiger partial charge in [-0.2, -0.15) is 0 Å². The third-order valence-electron chi connectivity index (χ3n) is 3.06. The molecule has 0 aliphatic heterocycles. The van der Waals surface area contributed by atoms with Gasteiger partial charge in [0.25, 0.3) is 0 Å². The zero-order valence-corrected chi connectivity index (χ0v) is 8.89. The Kier molecular flexibility index (Phi) is 2.96. The van der Waals surface area contributed by atoms with E-state index in [0.29, 0.717) is 6.04 Å². The molecule has 2 atom stereocenters. The average molecular weight is 185 g/mol. The fourth-order valence-corrected chi connectivity index (χ4v) is 1.53. The molecule has 0 saturated heterocycles. The maximum Gasteiger partial charge on any atom is 0.249 e. The van der Waals surface area contributed by atoms with E-state index >= 15 is 0 Å². The van der Waals surface area contributed by atoms with Crippen LogP contribution >= 0.6 is 0 Å². The second-order valence-electron chi connectivity index (χ2n) is 4.47. The average Bonchev–Trinajstić information content (AvgIpc) is 2.10. The lowest BCUT2D eigenvalue weighted by atomic mass is 9.67. The standard InChI is InChI=1S/C10H19NO2/c1-7(13-4)9(12)11-8-5-6-10(8,2)3/h7-8H,5-6H2,1-4H3,(H,11,12). The third-order valence-corrected chi connectivity index (χ3v) is 3.06. The van der Waals surface area contributed by atoms with Gasteiger partial charge in [-0.05, 0) is 25.2 Å². The first-order valence-electron chi connectivity index (χ1n) is 4.80. The minimum atomic E-state index is -0.337. The second kappa shape index (κ2) is 3.66. The van der Waals surface area contributed by atoms with E-state index < -0.39 is 0 Å². The Morgan fingerprint density at radius 2 is 2.23 bits per heavy atom. The molecule has 0 aromatic rings. The van der Waals surface area contributed by atoms with Gasteiger partial charge in [0.15, 0.2) is 0 Å². The molecule has 1 fully saturated rings. The molecule has 0 spiro atoms. The topological polar surface area (TPSA) is 38.3 Å². The summed E-state index contributed by atoms with van der Waals surface area (Å²) in [7, 11) is 1.55. The van der Waals surface area contributed by atoms with Crippen LogP contribution < -0.4 is 5.32 Å². The van der Waals surface area contributed by atoms with Crippen LogP contribution in [0.15, 0.2) is 0 Å². The van der Waals surface area contributed by atoms with Crippen molar-refractivity contribution in [3.63, 3.8) is 0 Å². The number of hydrogen-bond donors (Lipinski definition) is 1. The molecule has 0 aromatic heterocycles. The van der Waals surface area contributed by atoms with Gasteiger partial charge in [0.05, 0.1) is 0 Å². The lowest BCUT2D eigenvalue weighted by molar-refractivity contribution is -0.133. The van der Waals surface area contributed by atoms with Gasteiger partial charge in [-0.1, -0.05) is 13.8 Å². The van der Waals surface area contributed by atoms with E-state index in [2.05, 4.69) is 19.2 Å². The van der Waals surface area contributed by atoms with Gasteiger partial charge in [0.1, 0.15) is 6.10 Å². The lowest BCUT2D eigenvalue weighted by Gasteiger charge is -2.45. The summed E-state index contributed by atoms with van der Waals surface area (Å²) < 4.78 is 4.94. The Morgan fingerprint density at radius 1 is 1.62 bits per heavy atom. The highest BCUT2D eigenvalue weighted by Gasteiger charge is 2.39. The molecule has 1 amide bonds. The molecule has 0 radical (unpaired) electrons. The van der Waals surface area contributed by atoms with E-state index in [1.807, 2.05) is 0 Å². The summed E-state index contributed by atoms with van der Waals surface area (Å²) in [5.74, 6) is 0.000255.